The van der Waals surface area contributed by atoms with E-state index in [4.69, 9.17) is 0 Å². The van der Waals surface area contributed by atoms with E-state index in [0.717, 1.165) is 19.5 Å². The van der Waals surface area contributed by atoms with E-state index in [1.165, 1.54) is 10.9 Å². The lowest BCUT2D eigenvalue weighted by atomic mass is 9.90. The van der Waals surface area contributed by atoms with Gasteiger partial charge in [-0.15, -0.1) is 0 Å². The van der Waals surface area contributed by atoms with Crippen LogP contribution in [0.3, 0.4) is 0 Å². The van der Waals surface area contributed by atoms with Crippen LogP contribution in [-0.2, 0) is 17.1 Å². The predicted octanol–water partition coefficient (Wildman–Crippen LogP) is -0.350. The van der Waals surface area contributed by atoms with Gasteiger partial charge in [0.25, 0.3) is 10.0 Å². The highest BCUT2D eigenvalue weighted by Gasteiger charge is 2.38. The zero-order valence-corrected chi connectivity index (χ0v) is 11.2. The van der Waals surface area contributed by atoms with Crippen LogP contribution in [0.15, 0.2) is 17.3 Å². The number of hydrogen-bond acceptors (Lipinski definition) is 4. The first-order valence-electron chi connectivity index (χ1n) is 6.28. The molecule has 0 bridgehead atoms. The number of nitrogens with one attached hydrogen (secondary N) is 1. The Morgan fingerprint density at radius 3 is 2.89 bits per heavy atom. The lowest BCUT2D eigenvalue weighted by molar-refractivity contribution is 0.227. The highest BCUT2D eigenvalue weighted by atomic mass is 32.2. The number of sulfonamides is 1. The molecule has 2 saturated heterocycles. The topological polar surface area (TPSA) is 67.2 Å². The third kappa shape index (κ3) is 1.86. The summed E-state index contributed by atoms with van der Waals surface area (Å²) in [5, 5.41) is 7.57. The molecule has 2 atom stereocenters. The van der Waals surface area contributed by atoms with E-state index in [9.17, 15) is 8.42 Å². The Labute approximate surface area is 107 Å². The molecule has 100 valence electrons. The Hall–Kier alpha value is -0.920. The van der Waals surface area contributed by atoms with Crippen molar-refractivity contribution in [3.63, 3.8) is 0 Å². The molecule has 0 saturated carbocycles. The summed E-state index contributed by atoms with van der Waals surface area (Å²) in [5.41, 5.74) is 0. The molecular formula is C11H18N4O2S. The van der Waals surface area contributed by atoms with E-state index in [-0.39, 0.29) is 5.03 Å². The number of hydrogen-bond donors (Lipinski definition) is 1. The molecule has 6 nitrogen and oxygen atoms in total. The monoisotopic (exact) mass is 270 g/mol. The highest BCUT2D eigenvalue weighted by molar-refractivity contribution is 7.89. The van der Waals surface area contributed by atoms with Crippen molar-refractivity contribution in [2.75, 3.05) is 26.2 Å². The second-order valence-electron chi connectivity index (χ2n) is 5.12. The van der Waals surface area contributed by atoms with Crippen molar-refractivity contribution in [3.05, 3.63) is 12.3 Å². The van der Waals surface area contributed by atoms with Crippen molar-refractivity contribution >= 4 is 10.0 Å². The summed E-state index contributed by atoms with van der Waals surface area (Å²) in [4.78, 5) is 0. The number of rotatable bonds is 2. The number of piperidine rings is 1. The van der Waals surface area contributed by atoms with E-state index in [1.54, 1.807) is 17.4 Å². The van der Waals surface area contributed by atoms with Crippen molar-refractivity contribution < 1.29 is 8.42 Å². The standard InChI is InChI=1S/C11H18N4O2S/c1-14-11(2-4-13-14)18(16,17)15-5-3-9-6-12-7-10(9)8-15/h2,4,9-10,12H,3,5-8H2,1H3. The summed E-state index contributed by atoms with van der Waals surface area (Å²) < 4.78 is 28.0. The predicted molar refractivity (Wildman–Crippen MR) is 66.4 cm³/mol. The van der Waals surface area contributed by atoms with E-state index in [1.807, 2.05) is 0 Å². The molecule has 3 rings (SSSR count). The van der Waals surface area contributed by atoms with Crippen molar-refractivity contribution in [2.45, 2.75) is 11.4 Å². The third-order valence-corrected chi connectivity index (χ3v) is 5.99. The van der Waals surface area contributed by atoms with Crippen LogP contribution in [0.1, 0.15) is 6.42 Å². The molecule has 2 fully saturated rings. The van der Waals surface area contributed by atoms with Gasteiger partial charge >= 0.3 is 0 Å². The van der Waals surface area contributed by atoms with Gasteiger partial charge in [0.1, 0.15) is 0 Å². The van der Waals surface area contributed by atoms with E-state index in [2.05, 4.69) is 10.4 Å². The number of aromatic nitrogens is 2. The van der Waals surface area contributed by atoms with Crippen LogP contribution < -0.4 is 5.32 Å². The van der Waals surface area contributed by atoms with E-state index < -0.39 is 10.0 Å². The van der Waals surface area contributed by atoms with Crippen molar-refractivity contribution in [1.29, 1.82) is 0 Å². The molecule has 7 heteroatoms. The minimum atomic E-state index is -3.38. The number of fused-ring (bicyclic) bond motifs is 1. The molecule has 18 heavy (non-hydrogen) atoms. The van der Waals surface area contributed by atoms with Crippen LogP contribution in [0.2, 0.25) is 0 Å². The second-order valence-corrected chi connectivity index (χ2v) is 7.01. The maximum atomic E-state index is 12.5. The molecule has 2 aliphatic heterocycles. The van der Waals surface area contributed by atoms with Gasteiger partial charge in [-0.1, -0.05) is 0 Å². The fraction of sp³-hybridized carbons (Fsp3) is 0.727. The normalized spacial score (nSPS) is 29.4. The average molecular weight is 270 g/mol. The van der Waals surface area contributed by atoms with Crippen LogP contribution in [0, 0.1) is 11.8 Å². The van der Waals surface area contributed by atoms with Crippen LogP contribution in [0.5, 0.6) is 0 Å². The summed E-state index contributed by atoms with van der Waals surface area (Å²) in [6.45, 7) is 3.22. The molecule has 0 aliphatic carbocycles. The van der Waals surface area contributed by atoms with E-state index >= 15 is 0 Å². The summed E-state index contributed by atoms with van der Waals surface area (Å²) in [5.74, 6) is 1.10. The van der Waals surface area contributed by atoms with E-state index in [0.29, 0.717) is 24.9 Å². The fourth-order valence-corrected chi connectivity index (χ4v) is 4.58. The molecule has 0 amide bonds. The number of nitrogens with zero attached hydrogens (tertiary/aromatic N) is 3. The van der Waals surface area contributed by atoms with Crippen molar-refractivity contribution in [2.24, 2.45) is 18.9 Å². The second kappa shape index (κ2) is 4.32. The van der Waals surface area contributed by atoms with Crippen molar-refractivity contribution in [1.82, 2.24) is 19.4 Å². The Morgan fingerprint density at radius 1 is 1.39 bits per heavy atom. The van der Waals surface area contributed by atoms with Gasteiger partial charge in [-0.05, 0) is 37.4 Å². The summed E-state index contributed by atoms with van der Waals surface area (Å²) in [6, 6.07) is 1.56. The molecule has 1 N–H and O–H groups in total. The molecule has 0 aromatic carbocycles. The molecule has 2 aliphatic rings. The smallest absolute Gasteiger partial charge is 0.260 e. The zero-order valence-electron chi connectivity index (χ0n) is 10.4. The molecule has 1 aromatic rings. The summed E-state index contributed by atoms with van der Waals surface area (Å²) >= 11 is 0. The van der Waals surface area contributed by atoms with Gasteiger partial charge in [0, 0.05) is 20.1 Å². The average Bonchev–Trinajstić information content (AvgIpc) is 2.95. The van der Waals surface area contributed by atoms with Crippen molar-refractivity contribution in [3.8, 4) is 0 Å². The van der Waals surface area contributed by atoms with Gasteiger partial charge in [0.15, 0.2) is 5.03 Å². The van der Waals surface area contributed by atoms with Gasteiger partial charge in [0.05, 0.1) is 6.20 Å². The number of aryl methyl sites for hydroxylation is 1. The van der Waals surface area contributed by atoms with Crippen LogP contribution in [0.25, 0.3) is 0 Å². The zero-order chi connectivity index (χ0) is 12.8. The third-order valence-electron chi connectivity index (χ3n) is 4.05. The van der Waals surface area contributed by atoms with Crippen LogP contribution in [0.4, 0.5) is 0 Å². The molecular weight excluding hydrogens is 252 g/mol. The molecule has 0 radical (unpaired) electrons. The summed E-state index contributed by atoms with van der Waals surface area (Å²) in [6.07, 6.45) is 2.48. The van der Waals surface area contributed by atoms with Gasteiger partial charge in [0.2, 0.25) is 0 Å². The first-order valence-corrected chi connectivity index (χ1v) is 7.72. The summed E-state index contributed by atoms with van der Waals surface area (Å²) in [7, 11) is -1.72. The first-order chi connectivity index (χ1) is 8.59. The lowest BCUT2D eigenvalue weighted by Gasteiger charge is -2.33. The Morgan fingerprint density at radius 2 is 2.17 bits per heavy atom. The van der Waals surface area contributed by atoms with Gasteiger partial charge in [-0.25, -0.2) is 8.42 Å². The maximum Gasteiger partial charge on any atom is 0.260 e. The minimum absolute atomic E-state index is 0.284. The minimum Gasteiger partial charge on any atom is -0.316 e. The molecule has 3 heterocycles. The van der Waals surface area contributed by atoms with Gasteiger partial charge < -0.3 is 5.32 Å². The maximum absolute atomic E-state index is 12.5. The molecule has 1 aromatic heterocycles. The SMILES string of the molecule is Cn1nccc1S(=O)(=O)N1CCC2CNCC2C1. The highest BCUT2D eigenvalue weighted by Crippen LogP contribution is 2.29. The van der Waals surface area contributed by atoms with Crippen LogP contribution in [-0.4, -0.2) is 48.7 Å². The lowest BCUT2D eigenvalue weighted by Crippen LogP contribution is -2.43. The van der Waals surface area contributed by atoms with Crippen LogP contribution >= 0.6 is 0 Å². The van der Waals surface area contributed by atoms with Gasteiger partial charge in [-0.3, -0.25) is 4.68 Å². The Bertz CT molecular complexity index is 539. The first kappa shape index (κ1) is 12.1. The van der Waals surface area contributed by atoms with Gasteiger partial charge in [-0.2, -0.15) is 9.40 Å². The Balaban J connectivity index is 1.85. The Kier molecular flexibility index (Phi) is 2.91. The largest absolute Gasteiger partial charge is 0.316 e. The molecule has 0 spiro atoms. The fourth-order valence-electron chi connectivity index (χ4n) is 2.97. The quantitative estimate of drug-likeness (QED) is 0.797. The molecule has 2 unspecified atom stereocenters.